The Hall–Kier alpha value is -1.63. The second kappa shape index (κ2) is 6.34. The second-order valence-corrected chi connectivity index (χ2v) is 5.35. The second-order valence-electron chi connectivity index (χ2n) is 3.62. The lowest BCUT2D eigenvalue weighted by molar-refractivity contribution is 0.575. The molecule has 0 atom stereocenters. The van der Waals surface area contributed by atoms with Crippen molar-refractivity contribution in [3.05, 3.63) is 40.0 Å². The van der Waals surface area contributed by atoms with Crippen molar-refractivity contribution in [1.29, 1.82) is 0 Å². The maximum Gasteiger partial charge on any atom is 0.240 e. The van der Waals surface area contributed by atoms with E-state index in [-0.39, 0.29) is 18.0 Å². The molecule has 18 heavy (non-hydrogen) atoms. The SMILES string of the molecule is Cc1ccc(F)cc1S(=O)(=O)NCCCN=[N+]=[N-]. The fourth-order valence-corrected chi connectivity index (χ4v) is 2.67. The van der Waals surface area contributed by atoms with Crippen molar-refractivity contribution in [2.75, 3.05) is 13.1 Å². The fraction of sp³-hybridized carbons (Fsp3) is 0.400. The van der Waals surface area contributed by atoms with E-state index in [1.54, 1.807) is 6.92 Å². The number of hydrogen-bond acceptors (Lipinski definition) is 3. The lowest BCUT2D eigenvalue weighted by Crippen LogP contribution is -2.26. The number of rotatable bonds is 6. The van der Waals surface area contributed by atoms with Crippen LogP contribution in [0, 0.1) is 12.7 Å². The number of aryl methyl sites for hydroxylation is 1. The highest BCUT2D eigenvalue weighted by atomic mass is 32.2. The Morgan fingerprint density at radius 3 is 2.89 bits per heavy atom. The van der Waals surface area contributed by atoms with Gasteiger partial charge < -0.3 is 0 Å². The molecule has 0 fully saturated rings. The van der Waals surface area contributed by atoms with Gasteiger partial charge in [0, 0.05) is 18.0 Å². The Labute approximate surface area is 105 Å². The van der Waals surface area contributed by atoms with Crippen molar-refractivity contribution in [2.45, 2.75) is 18.2 Å². The molecule has 0 aliphatic heterocycles. The summed E-state index contributed by atoms with van der Waals surface area (Å²) < 4.78 is 39.1. The van der Waals surface area contributed by atoms with E-state index in [1.807, 2.05) is 0 Å². The highest BCUT2D eigenvalue weighted by molar-refractivity contribution is 7.89. The van der Waals surface area contributed by atoms with Crippen LogP contribution in [0.25, 0.3) is 10.4 Å². The molecule has 1 rings (SSSR count). The molecule has 0 aliphatic carbocycles. The normalized spacial score (nSPS) is 11.0. The molecule has 1 N–H and O–H groups in total. The van der Waals surface area contributed by atoms with Crippen LogP contribution in [-0.4, -0.2) is 21.5 Å². The molecule has 0 saturated carbocycles. The lowest BCUT2D eigenvalue weighted by Gasteiger charge is -2.08. The molecule has 0 bridgehead atoms. The van der Waals surface area contributed by atoms with Crippen molar-refractivity contribution < 1.29 is 12.8 Å². The Morgan fingerprint density at radius 1 is 1.50 bits per heavy atom. The first-order chi connectivity index (χ1) is 8.47. The monoisotopic (exact) mass is 272 g/mol. The number of benzene rings is 1. The summed E-state index contributed by atoms with van der Waals surface area (Å²) >= 11 is 0. The van der Waals surface area contributed by atoms with Gasteiger partial charge in [0.25, 0.3) is 0 Å². The minimum Gasteiger partial charge on any atom is -0.211 e. The van der Waals surface area contributed by atoms with Crippen LogP contribution in [0.15, 0.2) is 28.2 Å². The zero-order chi connectivity index (χ0) is 13.6. The molecule has 6 nitrogen and oxygen atoms in total. The molecule has 0 heterocycles. The van der Waals surface area contributed by atoms with Gasteiger partial charge in [-0.15, -0.1) is 0 Å². The molecule has 8 heteroatoms. The van der Waals surface area contributed by atoms with Gasteiger partial charge in [-0.2, -0.15) is 0 Å². The molecule has 1 aromatic rings. The Morgan fingerprint density at radius 2 is 2.22 bits per heavy atom. The summed E-state index contributed by atoms with van der Waals surface area (Å²) in [5.74, 6) is -0.602. The van der Waals surface area contributed by atoms with Crippen LogP contribution >= 0.6 is 0 Å². The minimum atomic E-state index is -3.73. The maximum absolute atomic E-state index is 13.0. The number of sulfonamides is 1. The molecule has 0 aliphatic rings. The van der Waals surface area contributed by atoms with Crippen LogP contribution in [0.5, 0.6) is 0 Å². The minimum absolute atomic E-state index is 0.0775. The van der Waals surface area contributed by atoms with Crippen LogP contribution in [0.2, 0.25) is 0 Å². The molecule has 0 spiro atoms. The quantitative estimate of drug-likeness (QED) is 0.371. The van der Waals surface area contributed by atoms with Crippen molar-refractivity contribution in [2.24, 2.45) is 5.11 Å². The zero-order valence-electron chi connectivity index (χ0n) is 9.80. The van der Waals surface area contributed by atoms with Gasteiger partial charge >= 0.3 is 0 Å². The molecular weight excluding hydrogens is 259 g/mol. The van der Waals surface area contributed by atoms with Crippen molar-refractivity contribution in [3.63, 3.8) is 0 Å². The van der Waals surface area contributed by atoms with E-state index < -0.39 is 15.8 Å². The van der Waals surface area contributed by atoms with E-state index in [0.717, 1.165) is 6.07 Å². The van der Waals surface area contributed by atoms with Gasteiger partial charge in [0.05, 0.1) is 4.90 Å². The van der Waals surface area contributed by atoms with Gasteiger partial charge in [0.1, 0.15) is 5.82 Å². The van der Waals surface area contributed by atoms with Crippen molar-refractivity contribution in [3.8, 4) is 0 Å². The largest absolute Gasteiger partial charge is 0.240 e. The number of hydrogen-bond donors (Lipinski definition) is 1. The summed E-state index contributed by atoms with van der Waals surface area (Å²) in [4.78, 5) is 2.47. The van der Waals surface area contributed by atoms with E-state index in [1.165, 1.54) is 12.1 Å². The summed E-state index contributed by atoms with van der Waals surface area (Å²) in [6, 6.07) is 3.59. The number of nitrogens with one attached hydrogen (secondary N) is 1. The van der Waals surface area contributed by atoms with Gasteiger partial charge in [-0.3, -0.25) is 0 Å². The predicted octanol–water partition coefficient (Wildman–Crippen LogP) is 2.11. The summed E-state index contributed by atoms with van der Waals surface area (Å²) in [6.07, 6.45) is 0.387. The lowest BCUT2D eigenvalue weighted by atomic mass is 10.2. The first-order valence-electron chi connectivity index (χ1n) is 5.24. The molecule has 0 unspecified atom stereocenters. The van der Waals surface area contributed by atoms with Gasteiger partial charge in [0.15, 0.2) is 0 Å². The third-order valence-corrected chi connectivity index (χ3v) is 3.83. The number of nitrogens with zero attached hydrogens (tertiary/aromatic N) is 3. The molecule has 0 radical (unpaired) electrons. The van der Waals surface area contributed by atoms with E-state index in [9.17, 15) is 12.8 Å². The van der Waals surface area contributed by atoms with Gasteiger partial charge in [0.2, 0.25) is 10.0 Å². The molecule has 0 aromatic heterocycles. The average molecular weight is 272 g/mol. The summed E-state index contributed by atoms with van der Waals surface area (Å²) in [7, 11) is -3.73. The Bertz CT molecular complexity index is 567. The standard InChI is InChI=1S/C10H13FN4O2S/c1-8-3-4-9(11)7-10(8)18(16,17)14-6-2-5-13-15-12/h3-4,7,14H,2,5-6H2,1H3. The summed E-state index contributed by atoms with van der Waals surface area (Å²) in [5.41, 5.74) is 8.52. The Balaban J connectivity index is 2.74. The van der Waals surface area contributed by atoms with E-state index in [4.69, 9.17) is 5.53 Å². The van der Waals surface area contributed by atoms with Gasteiger partial charge in [-0.25, -0.2) is 17.5 Å². The van der Waals surface area contributed by atoms with Crippen LogP contribution in [0.4, 0.5) is 4.39 Å². The predicted molar refractivity (Wildman–Crippen MR) is 65.0 cm³/mol. The molecule has 0 saturated heterocycles. The summed E-state index contributed by atoms with van der Waals surface area (Å²) in [5, 5.41) is 3.28. The third kappa shape index (κ3) is 3.99. The van der Waals surface area contributed by atoms with Gasteiger partial charge in [-0.1, -0.05) is 11.2 Å². The van der Waals surface area contributed by atoms with Crippen LogP contribution in [0.3, 0.4) is 0 Å². The van der Waals surface area contributed by atoms with E-state index in [0.29, 0.717) is 12.0 Å². The van der Waals surface area contributed by atoms with Crippen molar-refractivity contribution in [1.82, 2.24) is 4.72 Å². The van der Waals surface area contributed by atoms with E-state index >= 15 is 0 Å². The molecule has 98 valence electrons. The number of azide groups is 1. The fourth-order valence-electron chi connectivity index (χ4n) is 1.34. The maximum atomic E-state index is 13.0. The summed E-state index contributed by atoms with van der Waals surface area (Å²) in [6.45, 7) is 1.94. The average Bonchev–Trinajstić information content (AvgIpc) is 2.32. The smallest absolute Gasteiger partial charge is 0.211 e. The first-order valence-corrected chi connectivity index (χ1v) is 6.72. The Kier molecular flexibility index (Phi) is 5.08. The zero-order valence-corrected chi connectivity index (χ0v) is 10.6. The van der Waals surface area contributed by atoms with Crippen molar-refractivity contribution >= 4 is 10.0 Å². The first kappa shape index (κ1) is 14.4. The van der Waals surface area contributed by atoms with Gasteiger partial charge in [-0.05, 0) is 36.6 Å². The van der Waals surface area contributed by atoms with Crippen LogP contribution in [0.1, 0.15) is 12.0 Å². The number of halogens is 1. The van der Waals surface area contributed by atoms with Crippen LogP contribution in [-0.2, 0) is 10.0 Å². The molecular formula is C10H13FN4O2S. The van der Waals surface area contributed by atoms with Crippen LogP contribution < -0.4 is 4.72 Å². The topological polar surface area (TPSA) is 94.9 Å². The highest BCUT2D eigenvalue weighted by Gasteiger charge is 2.16. The third-order valence-electron chi connectivity index (χ3n) is 2.23. The highest BCUT2D eigenvalue weighted by Crippen LogP contribution is 2.15. The molecule has 1 aromatic carbocycles. The van der Waals surface area contributed by atoms with E-state index in [2.05, 4.69) is 14.7 Å². The molecule has 0 amide bonds.